The Morgan fingerprint density at radius 1 is 1.25 bits per heavy atom. The summed E-state index contributed by atoms with van der Waals surface area (Å²) >= 11 is 5.76. The van der Waals surface area contributed by atoms with Crippen LogP contribution in [0.4, 0.5) is 10.2 Å². The largest absolute Gasteiger partial charge is 0.387 e. The van der Waals surface area contributed by atoms with Crippen LogP contribution in [0, 0.1) is 5.82 Å². The number of aliphatic hydroxyl groups excluding tert-OH is 3. The second kappa shape index (κ2) is 7.24. The lowest BCUT2D eigenvalue weighted by molar-refractivity contribution is -0.0848. The van der Waals surface area contributed by atoms with E-state index in [4.69, 9.17) is 22.2 Å². The second-order valence-corrected chi connectivity index (χ2v) is 6.82. The van der Waals surface area contributed by atoms with Crippen LogP contribution in [0.15, 0.2) is 36.8 Å². The number of fused-ring (bicyclic) bond motifs is 1. The SMILES string of the molecule is NNc1ncnc2c1ccn2[C@@H]1O[C@H]([C@H](O)c2ccc(F)c(Cl)c2)[C@@H](O)[C@H]1O. The molecule has 28 heavy (non-hydrogen) atoms. The summed E-state index contributed by atoms with van der Waals surface area (Å²) in [6, 6.07) is 5.36. The van der Waals surface area contributed by atoms with Crippen molar-refractivity contribution in [2.45, 2.75) is 30.6 Å². The molecular weight excluding hydrogens is 393 g/mol. The molecule has 1 aliphatic heterocycles. The Bertz CT molecular complexity index is 1020. The first-order chi connectivity index (χ1) is 13.4. The molecule has 0 spiro atoms. The summed E-state index contributed by atoms with van der Waals surface area (Å²) in [5, 5.41) is 32.0. The zero-order valence-corrected chi connectivity index (χ0v) is 15.0. The van der Waals surface area contributed by atoms with Crippen LogP contribution >= 0.6 is 11.6 Å². The van der Waals surface area contributed by atoms with Crippen molar-refractivity contribution in [1.82, 2.24) is 14.5 Å². The number of rotatable bonds is 4. The number of hydrogen-bond donors (Lipinski definition) is 5. The molecule has 3 aromatic rings. The van der Waals surface area contributed by atoms with Gasteiger partial charge in [0.15, 0.2) is 12.0 Å². The molecule has 0 aliphatic carbocycles. The van der Waals surface area contributed by atoms with Crippen LogP contribution in [0.1, 0.15) is 17.9 Å². The van der Waals surface area contributed by atoms with E-state index in [1.54, 1.807) is 12.3 Å². The van der Waals surface area contributed by atoms with Gasteiger partial charge in [-0.1, -0.05) is 17.7 Å². The van der Waals surface area contributed by atoms with Gasteiger partial charge >= 0.3 is 0 Å². The molecule has 3 heterocycles. The van der Waals surface area contributed by atoms with Gasteiger partial charge in [-0.3, -0.25) is 0 Å². The van der Waals surface area contributed by atoms with Gasteiger partial charge in [0, 0.05) is 6.20 Å². The quantitative estimate of drug-likeness (QED) is 0.316. The number of benzene rings is 1. The third-order valence-electron chi connectivity index (χ3n) is 4.79. The molecule has 1 aliphatic rings. The molecule has 1 fully saturated rings. The van der Waals surface area contributed by atoms with E-state index in [0.717, 1.165) is 6.07 Å². The lowest BCUT2D eigenvalue weighted by Gasteiger charge is -2.21. The maximum atomic E-state index is 13.4. The summed E-state index contributed by atoms with van der Waals surface area (Å²) < 4.78 is 20.6. The Morgan fingerprint density at radius 3 is 2.75 bits per heavy atom. The molecule has 1 saturated heterocycles. The zero-order valence-electron chi connectivity index (χ0n) is 14.3. The molecule has 4 rings (SSSR count). The number of ether oxygens (including phenoxy) is 1. The number of halogens is 2. The number of nitrogens with two attached hydrogens (primary N) is 1. The van der Waals surface area contributed by atoms with Gasteiger partial charge in [-0.2, -0.15) is 0 Å². The van der Waals surface area contributed by atoms with E-state index in [-0.39, 0.29) is 10.6 Å². The summed E-state index contributed by atoms with van der Waals surface area (Å²) in [6.45, 7) is 0. The maximum absolute atomic E-state index is 13.4. The highest BCUT2D eigenvalue weighted by atomic mass is 35.5. The molecule has 5 atom stereocenters. The van der Waals surface area contributed by atoms with Crippen LogP contribution in [-0.2, 0) is 4.74 Å². The fourth-order valence-electron chi connectivity index (χ4n) is 3.35. The number of hydrazine groups is 1. The number of hydrogen-bond acceptors (Lipinski definition) is 8. The van der Waals surface area contributed by atoms with Crippen LogP contribution < -0.4 is 11.3 Å². The van der Waals surface area contributed by atoms with Crippen LogP contribution in [0.3, 0.4) is 0 Å². The smallest absolute Gasteiger partial charge is 0.164 e. The summed E-state index contributed by atoms with van der Waals surface area (Å²) in [6.07, 6.45) is -3.41. The zero-order chi connectivity index (χ0) is 20.0. The van der Waals surface area contributed by atoms with Crippen LogP contribution in [0.2, 0.25) is 5.02 Å². The first-order valence-electron chi connectivity index (χ1n) is 8.35. The van der Waals surface area contributed by atoms with E-state index in [1.165, 1.54) is 23.0 Å². The molecule has 9 nitrogen and oxygen atoms in total. The summed E-state index contributed by atoms with van der Waals surface area (Å²) in [5.41, 5.74) is 3.12. The minimum absolute atomic E-state index is 0.170. The van der Waals surface area contributed by atoms with Gasteiger partial charge in [0.1, 0.15) is 42.2 Å². The Morgan fingerprint density at radius 2 is 2.04 bits per heavy atom. The topological polar surface area (TPSA) is 139 Å². The Kier molecular flexibility index (Phi) is 4.91. The highest BCUT2D eigenvalue weighted by molar-refractivity contribution is 6.30. The Hall–Kier alpha value is -2.34. The predicted molar refractivity (Wildman–Crippen MR) is 97.6 cm³/mol. The highest BCUT2D eigenvalue weighted by Crippen LogP contribution is 2.38. The third-order valence-corrected chi connectivity index (χ3v) is 5.08. The van der Waals surface area contributed by atoms with Crippen molar-refractivity contribution in [1.29, 1.82) is 0 Å². The number of nitrogens with one attached hydrogen (secondary N) is 1. The van der Waals surface area contributed by atoms with Gasteiger partial charge in [-0.05, 0) is 23.8 Å². The molecule has 0 radical (unpaired) electrons. The minimum atomic E-state index is -1.41. The molecule has 148 valence electrons. The first-order valence-corrected chi connectivity index (χ1v) is 8.73. The molecule has 6 N–H and O–H groups in total. The molecule has 0 bridgehead atoms. The fraction of sp³-hybridized carbons (Fsp3) is 0.294. The van der Waals surface area contributed by atoms with Crippen molar-refractivity contribution in [3.05, 3.63) is 53.2 Å². The summed E-state index contributed by atoms with van der Waals surface area (Å²) in [4.78, 5) is 8.17. The standard InChI is InChI=1S/C17H17ClFN5O4/c18-9-5-7(1-2-10(9)19)11(25)14-12(26)13(27)17(28-14)24-4-3-8-15(23-20)21-6-22-16(8)24/h1-6,11-14,17,25-27H,20H2,(H,21,22,23)/t11-,12+,13-,14-,17-/m1/s1. The third kappa shape index (κ3) is 3.00. The van der Waals surface area contributed by atoms with E-state index in [2.05, 4.69) is 15.4 Å². The molecule has 0 saturated carbocycles. The van der Waals surface area contributed by atoms with Gasteiger partial charge in [-0.15, -0.1) is 0 Å². The Balaban J connectivity index is 1.65. The van der Waals surface area contributed by atoms with Crippen LogP contribution in [0.5, 0.6) is 0 Å². The van der Waals surface area contributed by atoms with Crippen molar-refractivity contribution in [2.24, 2.45) is 5.84 Å². The monoisotopic (exact) mass is 409 g/mol. The lowest BCUT2D eigenvalue weighted by atomic mass is 9.99. The number of nitrogens with zero attached hydrogens (tertiary/aromatic N) is 3. The van der Waals surface area contributed by atoms with Crippen molar-refractivity contribution < 1.29 is 24.4 Å². The maximum Gasteiger partial charge on any atom is 0.164 e. The van der Waals surface area contributed by atoms with Crippen molar-refractivity contribution >= 4 is 28.5 Å². The van der Waals surface area contributed by atoms with Crippen molar-refractivity contribution in [2.75, 3.05) is 5.43 Å². The number of nitrogen functional groups attached to an aromatic ring is 1. The fourth-order valence-corrected chi connectivity index (χ4v) is 3.54. The molecule has 11 heteroatoms. The summed E-state index contributed by atoms with van der Waals surface area (Å²) in [7, 11) is 0. The first kappa shape index (κ1) is 19.0. The molecule has 0 amide bonds. The van der Waals surface area contributed by atoms with Gasteiger partial charge in [0.25, 0.3) is 0 Å². The normalized spacial score (nSPS) is 25.9. The lowest BCUT2D eigenvalue weighted by Crippen LogP contribution is -2.34. The van der Waals surface area contributed by atoms with Gasteiger partial charge < -0.3 is 30.0 Å². The van der Waals surface area contributed by atoms with E-state index in [1.807, 2.05) is 0 Å². The number of anilines is 1. The van der Waals surface area contributed by atoms with Crippen LogP contribution in [0.25, 0.3) is 11.0 Å². The highest BCUT2D eigenvalue weighted by Gasteiger charge is 2.47. The minimum Gasteiger partial charge on any atom is -0.387 e. The number of aliphatic hydroxyl groups is 3. The van der Waals surface area contributed by atoms with E-state index in [9.17, 15) is 19.7 Å². The Labute approximate surface area is 163 Å². The van der Waals surface area contributed by atoms with Crippen molar-refractivity contribution in [3.63, 3.8) is 0 Å². The molecule has 2 aromatic heterocycles. The van der Waals surface area contributed by atoms with Gasteiger partial charge in [-0.25, -0.2) is 20.2 Å². The summed E-state index contributed by atoms with van der Waals surface area (Å²) in [5.74, 6) is 5.19. The van der Waals surface area contributed by atoms with Crippen LogP contribution in [-0.4, -0.2) is 48.2 Å². The molecule has 0 unspecified atom stereocenters. The van der Waals surface area contributed by atoms with Gasteiger partial charge in [0.05, 0.1) is 10.4 Å². The van der Waals surface area contributed by atoms with E-state index >= 15 is 0 Å². The average Bonchev–Trinajstić information content (AvgIpc) is 3.25. The second-order valence-electron chi connectivity index (χ2n) is 6.42. The predicted octanol–water partition coefficient (Wildman–Crippen LogP) is 0.862. The van der Waals surface area contributed by atoms with Gasteiger partial charge in [0.2, 0.25) is 0 Å². The molecular formula is C17H17ClFN5O4. The van der Waals surface area contributed by atoms with Crippen molar-refractivity contribution in [3.8, 4) is 0 Å². The van der Waals surface area contributed by atoms with E-state index in [0.29, 0.717) is 16.9 Å². The average molecular weight is 410 g/mol. The van der Waals surface area contributed by atoms with E-state index < -0.39 is 36.5 Å². The molecule has 1 aromatic carbocycles. The number of aromatic nitrogens is 3.